The van der Waals surface area contributed by atoms with E-state index in [1.54, 1.807) is 7.11 Å². The topological polar surface area (TPSA) is 27.1 Å². The van der Waals surface area contributed by atoms with Gasteiger partial charge in [-0.1, -0.05) is 19.1 Å². The average Bonchev–Trinajstić information content (AvgIpc) is 2.68. The van der Waals surface area contributed by atoms with E-state index in [9.17, 15) is 0 Å². The van der Waals surface area contributed by atoms with Gasteiger partial charge in [0.1, 0.15) is 5.82 Å². The molecule has 3 heteroatoms. The smallest absolute Gasteiger partial charge is 0.109 e. The zero-order valence-corrected chi connectivity index (χ0v) is 10.8. The van der Waals surface area contributed by atoms with E-state index in [0.717, 1.165) is 30.7 Å². The second-order valence-electron chi connectivity index (χ2n) is 4.42. The largest absolute Gasteiger partial charge is 0.380 e. The fraction of sp³-hybridized carbons (Fsp3) is 0.500. The Morgan fingerprint density at radius 2 is 2.12 bits per heavy atom. The number of imidazole rings is 1. The van der Waals surface area contributed by atoms with Crippen LogP contribution in [0.3, 0.4) is 0 Å². The fourth-order valence-corrected chi connectivity index (χ4v) is 2.08. The Kier molecular flexibility index (Phi) is 3.79. The zero-order valence-electron chi connectivity index (χ0n) is 10.8. The molecule has 0 saturated heterocycles. The minimum Gasteiger partial charge on any atom is -0.380 e. The van der Waals surface area contributed by atoms with E-state index in [1.807, 2.05) is 6.07 Å². The molecule has 92 valence electrons. The Balaban J connectivity index is 2.44. The van der Waals surface area contributed by atoms with E-state index in [1.165, 1.54) is 5.52 Å². The van der Waals surface area contributed by atoms with Crippen LogP contribution >= 0.6 is 0 Å². The molecule has 0 spiro atoms. The Morgan fingerprint density at radius 3 is 2.82 bits per heavy atom. The van der Waals surface area contributed by atoms with Crippen LogP contribution in [0.1, 0.15) is 26.1 Å². The molecule has 2 rings (SSSR count). The number of rotatable bonds is 5. The molecule has 0 aliphatic rings. The number of benzene rings is 1. The quantitative estimate of drug-likeness (QED) is 0.792. The standard InChI is InChI=1S/C14H20N2O/c1-4-7-14-15-12-8-5-6-9-13(12)16(14)10-11(2)17-3/h5-6,8-9,11H,4,7,10H2,1-3H3. The van der Waals surface area contributed by atoms with Crippen molar-refractivity contribution in [3.8, 4) is 0 Å². The van der Waals surface area contributed by atoms with Crippen LogP contribution in [-0.2, 0) is 17.7 Å². The van der Waals surface area contributed by atoms with Gasteiger partial charge in [-0.15, -0.1) is 0 Å². The first kappa shape index (κ1) is 12.1. The van der Waals surface area contributed by atoms with Crippen LogP contribution in [0.25, 0.3) is 11.0 Å². The normalized spacial score (nSPS) is 13.1. The summed E-state index contributed by atoms with van der Waals surface area (Å²) in [5, 5.41) is 0. The Labute approximate surface area is 102 Å². The third kappa shape index (κ3) is 2.50. The molecule has 3 nitrogen and oxygen atoms in total. The van der Waals surface area contributed by atoms with E-state index >= 15 is 0 Å². The molecule has 0 fully saturated rings. The second-order valence-corrected chi connectivity index (χ2v) is 4.42. The van der Waals surface area contributed by atoms with Crippen molar-refractivity contribution in [2.45, 2.75) is 39.3 Å². The SMILES string of the molecule is CCCc1nc2ccccc2n1CC(C)OC. The summed E-state index contributed by atoms with van der Waals surface area (Å²) in [5.74, 6) is 1.16. The lowest BCUT2D eigenvalue weighted by atomic mass is 10.3. The molecule has 0 bridgehead atoms. The van der Waals surface area contributed by atoms with Crippen LogP contribution in [-0.4, -0.2) is 22.8 Å². The molecule has 1 atom stereocenters. The summed E-state index contributed by atoms with van der Waals surface area (Å²) < 4.78 is 7.64. The maximum atomic E-state index is 5.36. The predicted octanol–water partition coefficient (Wildman–Crippen LogP) is 3.02. The van der Waals surface area contributed by atoms with E-state index < -0.39 is 0 Å². The van der Waals surface area contributed by atoms with Crippen molar-refractivity contribution < 1.29 is 4.74 Å². The van der Waals surface area contributed by atoms with Crippen LogP contribution < -0.4 is 0 Å². The molecule has 0 amide bonds. The number of fused-ring (bicyclic) bond motifs is 1. The van der Waals surface area contributed by atoms with Gasteiger partial charge in [-0.25, -0.2) is 4.98 Å². The molecule has 17 heavy (non-hydrogen) atoms. The number of para-hydroxylation sites is 2. The first-order valence-corrected chi connectivity index (χ1v) is 6.23. The van der Waals surface area contributed by atoms with Crippen molar-refractivity contribution in [2.75, 3.05) is 7.11 Å². The van der Waals surface area contributed by atoms with Crippen LogP contribution in [0, 0.1) is 0 Å². The number of hydrogen-bond donors (Lipinski definition) is 0. The van der Waals surface area contributed by atoms with Gasteiger partial charge in [0.2, 0.25) is 0 Å². The van der Waals surface area contributed by atoms with Crippen LogP contribution in [0.2, 0.25) is 0 Å². The summed E-state index contributed by atoms with van der Waals surface area (Å²) in [4.78, 5) is 4.70. The van der Waals surface area contributed by atoms with Gasteiger partial charge in [-0.2, -0.15) is 0 Å². The lowest BCUT2D eigenvalue weighted by molar-refractivity contribution is 0.103. The molecule has 1 aromatic carbocycles. The lowest BCUT2D eigenvalue weighted by Gasteiger charge is -2.13. The number of methoxy groups -OCH3 is 1. The summed E-state index contributed by atoms with van der Waals surface area (Å²) >= 11 is 0. The van der Waals surface area contributed by atoms with Crippen LogP contribution in [0.15, 0.2) is 24.3 Å². The van der Waals surface area contributed by atoms with Crippen molar-refractivity contribution in [3.05, 3.63) is 30.1 Å². The van der Waals surface area contributed by atoms with E-state index in [4.69, 9.17) is 9.72 Å². The minimum absolute atomic E-state index is 0.211. The summed E-state index contributed by atoms with van der Waals surface area (Å²) in [6.07, 6.45) is 2.35. The van der Waals surface area contributed by atoms with Gasteiger partial charge in [0.05, 0.1) is 23.7 Å². The molecular formula is C14H20N2O. The Morgan fingerprint density at radius 1 is 1.35 bits per heavy atom. The Hall–Kier alpha value is -1.35. The van der Waals surface area contributed by atoms with Crippen LogP contribution in [0.5, 0.6) is 0 Å². The second kappa shape index (κ2) is 5.32. The van der Waals surface area contributed by atoms with Crippen molar-refractivity contribution in [1.29, 1.82) is 0 Å². The van der Waals surface area contributed by atoms with Gasteiger partial charge in [0.25, 0.3) is 0 Å². The van der Waals surface area contributed by atoms with Crippen molar-refractivity contribution in [3.63, 3.8) is 0 Å². The monoisotopic (exact) mass is 232 g/mol. The fourth-order valence-electron chi connectivity index (χ4n) is 2.08. The molecule has 1 heterocycles. The molecule has 0 N–H and O–H groups in total. The molecule has 1 aromatic heterocycles. The highest BCUT2D eigenvalue weighted by molar-refractivity contribution is 5.75. The maximum absolute atomic E-state index is 5.36. The molecular weight excluding hydrogens is 212 g/mol. The molecule has 0 radical (unpaired) electrons. The van der Waals surface area contributed by atoms with Gasteiger partial charge in [0, 0.05) is 13.5 Å². The number of hydrogen-bond acceptors (Lipinski definition) is 2. The molecule has 1 unspecified atom stereocenters. The summed E-state index contributed by atoms with van der Waals surface area (Å²) in [6, 6.07) is 8.30. The third-order valence-electron chi connectivity index (χ3n) is 3.05. The van der Waals surface area contributed by atoms with Gasteiger partial charge >= 0.3 is 0 Å². The van der Waals surface area contributed by atoms with Crippen LogP contribution in [0.4, 0.5) is 0 Å². The zero-order chi connectivity index (χ0) is 12.3. The van der Waals surface area contributed by atoms with E-state index in [0.29, 0.717) is 0 Å². The summed E-state index contributed by atoms with van der Waals surface area (Å²) in [5.41, 5.74) is 2.29. The highest BCUT2D eigenvalue weighted by Gasteiger charge is 2.11. The highest BCUT2D eigenvalue weighted by Crippen LogP contribution is 2.18. The Bertz CT molecular complexity index is 490. The van der Waals surface area contributed by atoms with Crippen molar-refractivity contribution in [2.24, 2.45) is 0 Å². The van der Waals surface area contributed by atoms with E-state index in [2.05, 4.69) is 36.6 Å². The number of ether oxygens (including phenoxy) is 1. The predicted molar refractivity (Wildman–Crippen MR) is 70.2 cm³/mol. The van der Waals surface area contributed by atoms with Gasteiger partial charge in [0.15, 0.2) is 0 Å². The summed E-state index contributed by atoms with van der Waals surface area (Å²) in [7, 11) is 1.75. The van der Waals surface area contributed by atoms with Gasteiger partial charge in [-0.05, 0) is 25.5 Å². The van der Waals surface area contributed by atoms with Gasteiger partial charge < -0.3 is 9.30 Å². The molecule has 0 aliphatic carbocycles. The molecule has 2 aromatic rings. The molecule has 0 aliphatic heterocycles. The molecule has 0 saturated carbocycles. The van der Waals surface area contributed by atoms with Crippen molar-refractivity contribution in [1.82, 2.24) is 9.55 Å². The van der Waals surface area contributed by atoms with Crippen molar-refractivity contribution >= 4 is 11.0 Å². The number of aryl methyl sites for hydroxylation is 1. The highest BCUT2D eigenvalue weighted by atomic mass is 16.5. The summed E-state index contributed by atoms with van der Waals surface area (Å²) in [6.45, 7) is 5.14. The minimum atomic E-state index is 0.211. The average molecular weight is 232 g/mol. The number of nitrogens with zero attached hydrogens (tertiary/aromatic N) is 2. The van der Waals surface area contributed by atoms with Gasteiger partial charge in [-0.3, -0.25) is 0 Å². The van der Waals surface area contributed by atoms with E-state index in [-0.39, 0.29) is 6.10 Å². The first-order chi connectivity index (χ1) is 8.26. The lowest BCUT2D eigenvalue weighted by Crippen LogP contribution is -2.16. The third-order valence-corrected chi connectivity index (χ3v) is 3.05. The number of aromatic nitrogens is 2. The maximum Gasteiger partial charge on any atom is 0.109 e. The first-order valence-electron chi connectivity index (χ1n) is 6.23.